The van der Waals surface area contributed by atoms with E-state index in [1.54, 1.807) is 12.5 Å². The third-order valence-electron chi connectivity index (χ3n) is 4.97. The van der Waals surface area contributed by atoms with E-state index in [1.165, 1.54) is 5.56 Å². The van der Waals surface area contributed by atoms with E-state index in [1.807, 2.05) is 25.1 Å². The molecule has 1 N–H and O–H groups in total. The van der Waals surface area contributed by atoms with Crippen molar-refractivity contribution in [3.05, 3.63) is 47.8 Å². The van der Waals surface area contributed by atoms with Crippen LogP contribution in [0, 0.1) is 6.92 Å². The van der Waals surface area contributed by atoms with Gasteiger partial charge in [-0.25, -0.2) is 0 Å². The van der Waals surface area contributed by atoms with E-state index in [4.69, 9.17) is 18.6 Å². The average molecular weight is 389 g/mol. The van der Waals surface area contributed by atoms with Crippen molar-refractivity contribution >= 4 is 5.96 Å². The van der Waals surface area contributed by atoms with Crippen LogP contribution in [0.1, 0.15) is 23.5 Å². The van der Waals surface area contributed by atoms with Crippen LogP contribution in [0.3, 0.4) is 0 Å². The Kier molecular flexibility index (Phi) is 7.99. The summed E-state index contributed by atoms with van der Waals surface area (Å²) in [5.74, 6) is 2.84. The zero-order valence-electron chi connectivity index (χ0n) is 17.0. The minimum atomic E-state index is 0.762. The first kappa shape index (κ1) is 20.5. The minimum absolute atomic E-state index is 0.762. The van der Waals surface area contributed by atoms with Crippen molar-refractivity contribution in [2.24, 2.45) is 4.99 Å². The lowest BCUT2D eigenvalue weighted by Gasteiger charge is -2.26. The van der Waals surface area contributed by atoms with Gasteiger partial charge in [0.2, 0.25) is 0 Å². The average Bonchev–Trinajstić information content (AvgIpc) is 3.36. The highest BCUT2D eigenvalue weighted by molar-refractivity contribution is 5.79. The minimum Gasteiger partial charge on any atom is -0.469 e. The molecular formula is C21H32N4O3. The number of nitrogens with one attached hydrogen (secondary N) is 1. The highest BCUT2D eigenvalue weighted by Crippen LogP contribution is 2.11. The summed E-state index contributed by atoms with van der Waals surface area (Å²) in [5.41, 5.74) is 1.18. The third kappa shape index (κ3) is 6.42. The van der Waals surface area contributed by atoms with Gasteiger partial charge in [0.05, 0.1) is 25.7 Å². The van der Waals surface area contributed by atoms with Gasteiger partial charge in [-0.1, -0.05) is 0 Å². The molecular weight excluding hydrogens is 356 g/mol. The van der Waals surface area contributed by atoms with Crippen LogP contribution >= 0.6 is 0 Å². The normalized spacial score (nSPS) is 15.7. The number of hydrogen-bond donors (Lipinski definition) is 1. The number of rotatable bonds is 9. The summed E-state index contributed by atoms with van der Waals surface area (Å²) in [6.45, 7) is 9.14. The van der Waals surface area contributed by atoms with E-state index in [2.05, 4.69) is 22.2 Å². The quantitative estimate of drug-likeness (QED) is 0.405. The standard InChI is InChI=1S/C21H32N4O3/c1-18-19(7-14-27-18)17-24(2)21(23-9-6-20-5-3-13-28-20)22-8-4-10-25-11-15-26-16-12-25/h3,5,7,13-14H,4,6,8-12,15-17H2,1-2H3,(H,22,23). The third-order valence-corrected chi connectivity index (χ3v) is 4.97. The Morgan fingerprint density at radius 1 is 1.21 bits per heavy atom. The first-order valence-corrected chi connectivity index (χ1v) is 10.1. The maximum atomic E-state index is 5.43. The highest BCUT2D eigenvalue weighted by atomic mass is 16.5. The van der Waals surface area contributed by atoms with Gasteiger partial charge >= 0.3 is 0 Å². The van der Waals surface area contributed by atoms with Gasteiger partial charge in [0.15, 0.2) is 5.96 Å². The molecule has 0 saturated carbocycles. The van der Waals surface area contributed by atoms with Gasteiger partial charge in [-0.05, 0) is 31.5 Å². The molecule has 0 amide bonds. The maximum Gasteiger partial charge on any atom is 0.193 e. The number of hydrogen-bond acceptors (Lipinski definition) is 5. The molecule has 2 aromatic rings. The molecule has 3 heterocycles. The molecule has 0 radical (unpaired) electrons. The Hall–Kier alpha value is -2.25. The SMILES string of the molecule is Cc1occc1CN(C)C(=NCCCN1CCOCC1)NCCc1ccco1. The van der Waals surface area contributed by atoms with E-state index in [0.29, 0.717) is 0 Å². The molecule has 154 valence electrons. The molecule has 0 bridgehead atoms. The smallest absolute Gasteiger partial charge is 0.193 e. The number of ether oxygens (including phenoxy) is 1. The van der Waals surface area contributed by atoms with Gasteiger partial charge in [0, 0.05) is 58.3 Å². The lowest BCUT2D eigenvalue weighted by Crippen LogP contribution is -2.40. The van der Waals surface area contributed by atoms with Gasteiger partial charge < -0.3 is 23.8 Å². The lowest BCUT2D eigenvalue weighted by atomic mass is 10.2. The zero-order chi connectivity index (χ0) is 19.6. The van der Waals surface area contributed by atoms with Crippen LogP contribution in [0.15, 0.2) is 44.6 Å². The van der Waals surface area contributed by atoms with Crippen molar-refractivity contribution in [1.29, 1.82) is 0 Å². The van der Waals surface area contributed by atoms with Crippen molar-refractivity contribution in [2.75, 3.05) is 53.0 Å². The van der Waals surface area contributed by atoms with Crippen LogP contribution < -0.4 is 5.32 Å². The van der Waals surface area contributed by atoms with Crippen molar-refractivity contribution in [3.8, 4) is 0 Å². The monoisotopic (exact) mass is 388 g/mol. The largest absolute Gasteiger partial charge is 0.469 e. The van der Waals surface area contributed by atoms with Gasteiger partial charge in [-0.2, -0.15) is 0 Å². The Labute approximate surface area is 167 Å². The van der Waals surface area contributed by atoms with E-state index in [-0.39, 0.29) is 0 Å². The summed E-state index contributed by atoms with van der Waals surface area (Å²) in [6, 6.07) is 5.94. The Morgan fingerprint density at radius 2 is 2.07 bits per heavy atom. The fraction of sp³-hybridized carbons (Fsp3) is 0.571. The van der Waals surface area contributed by atoms with Gasteiger partial charge in [0.25, 0.3) is 0 Å². The van der Waals surface area contributed by atoms with Crippen molar-refractivity contribution in [3.63, 3.8) is 0 Å². The van der Waals surface area contributed by atoms with Crippen LogP contribution in [0.5, 0.6) is 0 Å². The van der Waals surface area contributed by atoms with E-state index >= 15 is 0 Å². The van der Waals surface area contributed by atoms with Crippen LogP contribution in [0.4, 0.5) is 0 Å². The zero-order valence-corrected chi connectivity index (χ0v) is 17.0. The molecule has 3 rings (SSSR count). The second-order valence-corrected chi connectivity index (χ2v) is 7.13. The van der Waals surface area contributed by atoms with E-state index < -0.39 is 0 Å². The maximum absolute atomic E-state index is 5.43. The summed E-state index contributed by atoms with van der Waals surface area (Å²) >= 11 is 0. The lowest BCUT2D eigenvalue weighted by molar-refractivity contribution is 0.0377. The predicted molar refractivity (Wildman–Crippen MR) is 110 cm³/mol. The Balaban J connectivity index is 1.51. The second-order valence-electron chi connectivity index (χ2n) is 7.13. The summed E-state index contributed by atoms with van der Waals surface area (Å²) in [5, 5.41) is 3.48. The number of nitrogens with zero attached hydrogens (tertiary/aromatic N) is 3. The number of aryl methyl sites for hydroxylation is 1. The molecule has 0 atom stereocenters. The molecule has 28 heavy (non-hydrogen) atoms. The van der Waals surface area contributed by atoms with Crippen LogP contribution in [0.2, 0.25) is 0 Å². The fourth-order valence-corrected chi connectivity index (χ4v) is 3.27. The topological polar surface area (TPSA) is 66.4 Å². The van der Waals surface area contributed by atoms with Crippen LogP contribution in [-0.2, 0) is 17.7 Å². The molecule has 1 aliphatic rings. The molecule has 1 aliphatic heterocycles. The first-order chi connectivity index (χ1) is 13.7. The number of furan rings is 2. The number of aliphatic imine (C=N–C) groups is 1. The van der Waals surface area contributed by atoms with Crippen molar-refractivity contribution < 1.29 is 13.6 Å². The first-order valence-electron chi connectivity index (χ1n) is 10.1. The summed E-state index contributed by atoms with van der Waals surface area (Å²) in [4.78, 5) is 9.44. The summed E-state index contributed by atoms with van der Waals surface area (Å²) < 4.78 is 16.3. The van der Waals surface area contributed by atoms with Gasteiger partial charge in [0.1, 0.15) is 11.5 Å². The molecule has 0 aliphatic carbocycles. The van der Waals surface area contributed by atoms with Crippen LogP contribution in [-0.4, -0.2) is 68.7 Å². The summed E-state index contributed by atoms with van der Waals surface area (Å²) in [7, 11) is 2.06. The Bertz CT molecular complexity index is 705. The molecule has 0 unspecified atom stereocenters. The molecule has 7 heteroatoms. The van der Waals surface area contributed by atoms with Crippen LogP contribution in [0.25, 0.3) is 0 Å². The van der Waals surface area contributed by atoms with E-state index in [9.17, 15) is 0 Å². The molecule has 7 nitrogen and oxygen atoms in total. The Morgan fingerprint density at radius 3 is 2.79 bits per heavy atom. The number of guanidine groups is 1. The fourth-order valence-electron chi connectivity index (χ4n) is 3.27. The highest BCUT2D eigenvalue weighted by Gasteiger charge is 2.12. The van der Waals surface area contributed by atoms with Crippen molar-refractivity contribution in [2.45, 2.75) is 26.3 Å². The van der Waals surface area contributed by atoms with Gasteiger partial charge in [-0.3, -0.25) is 9.89 Å². The van der Waals surface area contributed by atoms with E-state index in [0.717, 1.165) is 82.8 Å². The predicted octanol–water partition coefficient (Wildman–Crippen LogP) is 2.52. The van der Waals surface area contributed by atoms with Crippen molar-refractivity contribution in [1.82, 2.24) is 15.1 Å². The molecule has 1 fully saturated rings. The molecule has 2 aromatic heterocycles. The summed E-state index contributed by atoms with van der Waals surface area (Å²) in [6.07, 6.45) is 5.33. The number of morpholine rings is 1. The second kappa shape index (κ2) is 10.9. The molecule has 0 aromatic carbocycles. The molecule has 1 saturated heterocycles. The van der Waals surface area contributed by atoms with Gasteiger partial charge in [-0.15, -0.1) is 0 Å². The molecule has 0 spiro atoms.